The second kappa shape index (κ2) is 5.98. The molecule has 0 saturated heterocycles. The van der Waals surface area contributed by atoms with Crippen molar-refractivity contribution in [3.05, 3.63) is 45.4 Å². The molecule has 0 bridgehead atoms. The van der Waals surface area contributed by atoms with Crippen molar-refractivity contribution in [3.8, 4) is 5.75 Å². The number of nitrogens with zero attached hydrogens (tertiary/aromatic N) is 1. The molecule has 1 aromatic heterocycles. The predicted octanol–water partition coefficient (Wildman–Crippen LogP) is 2.87. The molecule has 0 aliphatic heterocycles. The van der Waals surface area contributed by atoms with Crippen LogP contribution in [0.2, 0.25) is 0 Å². The van der Waals surface area contributed by atoms with E-state index in [2.05, 4.69) is 31.0 Å². The first-order valence-electron chi connectivity index (χ1n) is 5.93. The Balaban J connectivity index is 1.88. The van der Waals surface area contributed by atoms with Gasteiger partial charge in [-0.05, 0) is 25.5 Å². The number of ether oxygens (including phenoxy) is 1. The third-order valence-electron chi connectivity index (χ3n) is 2.66. The maximum absolute atomic E-state index is 8.96. The molecular formula is C14H17NO2S. The molecule has 0 atom stereocenters. The Morgan fingerprint density at radius 1 is 1.33 bits per heavy atom. The third-order valence-corrected chi connectivity index (χ3v) is 3.70. The van der Waals surface area contributed by atoms with Gasteiger partial charge in [-0.1, -0.05) is 17.7 Å². The van der Waals surface area contributed by atoms with Crippen molar-refractivity contribution in [2.24, 2.45) is 0 Å². The van der Waals surface area contributed by atoms with Gasteiger partial charge in [0.05, 0.1) is 23.1 Å². The highest BCUT2D eigenvalue weighted by atomic mass is 32.1. The fraction of sp³-hybridized carbons (Fsp3) is 0.357. The lowest BCUT2D eigenvalue weighted by molar-refractivity contribution is 0.285. The molecule has 96 valence electrons. The van der Waals surface area contributed by atoms with Crippen LogP contribution in [0.15, 0.2) is 24.4 Å². The van der Waals surface area contributed by atoms with Crippen LogP contribution in [0.4, 0.5) is 0 Å². The van der Waals surface area contributed by atoms with Crippen LogP contribution in [-0.4, -0.2) is 16.7 Å². The van der Waals surface area contributed by atoms with Crippen LogP contribution in [0.25, 0.3) is 0 Å². The van der Waals surface area contributed by atoms with Gasteiger partial charge < -0.3 is 9.84 Å². The Bertz CT molecular complexity index is 522. The first kappa shape index (κ1) is 13.1. The van der Waals surface area contributed by atoms with Gasteiger partial charge in [-0.15, -0.1) is 11.3 Å². The fourth-order valence-electron chi connectivity index (χ4n) is 1.75. The zero-order chi connectivity index (χ0) is 13.0. The summed E-state index contributed by atoms with van der Waals surface area (Å²) in [5.41, 5.74) is 2.40. The second-order valence-electron chi connectivity index (χ2n) is 4.25. The lowest BCUT2D eigenvalue weighted by atomic mass is 10.1. The first-order chi connectivity index (χ1) is 8.69. The molecule has 18 heavy (non-hydrogen) atoms. The van der Waals surface area contributed by atoms with E-state index in [-0.39, 0.29) is 6.61 Å². The van der Waals surface area contributed by atoms with E-state index in [4.69, 9.17) is 9.84 Å². The highest BCUT2D eigenvalue weighted by Crippen LogP contribution is 2.19. The normalized spacial score (nSPS) is 10.6. The van der Waals surface area contributed by atoms with Gasteiger partial charge in [0.2, 0.25) is 0 Å². The highest BCUT2D eigenvalue weighted by molar-refractivity contribution is 7.11. The molecule has 4 heteroatoms. The van der Waals surface area contributed by atoms with E-state index in [1.807, 2.05) is 6.07 Å². The minimum atomic E-state index is 0.0651. The summed E-state index contributed by atoms with van der Waals surface area (Å²) >= 11 is 1.53. The molecule has 0 radical (unpaired) electrons. The first-order valence-corrected chi connectivity index (χ1v) is 6.75. The number of hydrogen-bond acceptors (Lipinski definition) is 4. The van der Waals surface area contributed by atoms with Gasteiger partial charge in [-0.3, -0.25) is 0 Å². The van der Waals surface area contributed by atoms with Gasteiger partial charge in [0.25, 0.3) is 0 Å². The number of rotatable bonds is 5. The summed E-state index contributed by atoms with van der Waals surface area (Å²) in [6.45, 7) is 4.80. The van der Waals surface area contributed by atoms with Crippen LogP contribution in [0.5, 0.6) is 5.75 Å². The minimum absolute atomic E-state index is 0.0651. The molecule has 0 aliphatic carbocycles. The van der Waals surface area contributed by atoms with Crippen LogP contribution < -0.4 is 4.74 Å². The smallest absolute Gasteiger partial charge is 0.122 e. The summed E-state index contributed by atoms with van der Waals surface area (Å²) in [5, 5.41) is 9.96. The molecule has 0 amide bonds. The van der Waals surface area contributed by atoms with Crippen LogP contribution in [0, 0.1) is 13.8 Å². The number of thiazole rings is 1. The minimum Gasteiger partial charge on any atom is -0.493 e. The Kier molecular flexibility index (Phi) is 4.33. The summed E-state index contributed by atoms with van der Waals surface area (Å²) in [7, 11) is 0. The molecule has 1 heterocycles. The van der Waals surface area contributed by atoms with E-state index in [0.717, 1.165) is 27.6 Å². The summed E-state index contributed by atoms with van der Waals surface area (Å²) in [6, 6.07) is 6.17. The molecule has 2 rings (SSSR count). The van der Waals surface area contributed by atoms with Crippen LogP contribution in [0.3, 0.4) is 0 Å². The molecule has 1 N–H and O–H groups in total. The van der Waals surface area contributed by atoms with E-state index in [1.54, 1.807) is 6.20 Å². The largest absolute Gasteiger partial charge is 0.493 e. The molecule has 0 unspecified atom stereocenters. The zero-order valence-corrected chi connectivity index (χ0v) is 11.5. The van der Waals surface area contributed by atoms with Crippen LogP contribution >= 0.6 is 11.3 Å². The molecular weight excluding hydrogens is 246 g/mol. The van der Waals surface area contributed by atoms with Crippen LogP contribution in [0.1, 0.15) is 21.0 Å². The third kappa shape index (κ3) is 3.31. The fourth-order valence-corrected chi connectivity index (χ4v) is 2.51. The van der Waals surface area contributed by atoms with Gasteiger partial charge in [-0.25, -0.2) is 4.98 Å². The number of aliphatic hydroxyl groups excluding tert-OH is 1. The van der Waals surface area contributed by atoms with E-state index in [1.165, 1.54) is 16.9 Å². The van der Waals surface area contributed by atoms with Gasteiger partial charge in [0, 0.05) is 12.6 Å². The van der Waals surface area contributed by atoms with Gasteiger partial charge >= 0.3 is 0 Å². The summed E-state index contributed by atoms with van der Waals surface area (Å²) < 4.78 is 5.74. The standard InChI is InChI=1S/C14H17NO2S/c1-10-3-4-13(11(2)7-10)17-6-5-14-15-8-12(9-16)18-14/h3-4,7-8,16H,5-6,9H2,1-2H3. The number of hydrogen-bond donors (Lipinski definition) is 1. The van der Waals surface area contributed by atoms with Crippen molar-refractivity contribution in [1.82, 2.24) is 4.98 Å². The number of benzene rings is 1. The van der Waals surface area contributed by atoms with E-state index >= 15 is 0 Å². The molecule has 1 aromatic carbocycles. The predicted molar refractivity (Wildman–Crippen MR) is 73.2 cm³/mol. The van der Waals surface area contributed by atoms with Crippen molar-refractivity contribution < 1.29 is 9.84 Å². The SMILES string of the molecule is Cc1ccc(OCCc2ncc(CO)s2)c(C)c1. The monoisotopic (exact) mass is 263 g/mol. The maximum Gasteiger partial charge on any atom is 0.122 e. The number of aromatic nitrogens is 1. The van der Waals surface area contributed by atoms with Crippen molar-refractivity contribution in [2.45, 2.75) is 26.9 Å². The van der Waals surface area contributed by atoms with Crippen molar-refractivity contribution in [1.29, 1.82) is 0 Å². The van der Waals surface area contributed by atoms with Gasteiger partial charge in [0.1, 0.15) is 5.75 Å². The number of aliphatic hydroxyl groups is 1. The highest BCUT2D eigenvalue weighted by Gasteiger charge is 2.03. The molecule has 0 fully saturated rings. The molecule has 0 aliphatic rings. The Hall–Kier alpha value is -1.39. The Morgan fingerprint density at radius 2 is 2.17 bits per heavy atom. The topological polar surface area (TPSA) is 42.4 Å². The second-order valence-corrected chi connectivity index (χ2v) is 5.45. The van der Waals surface area contributed by atoms with E-state index in [0.29, 0.717) is 6.61 Å². The molecule has 0 saturated carbocycles. The zero-order valence-electron chi connectivity index (χ0n) is 10.6. The Morgan fingerprint density at radius 3 is 2.83 bits per heavy atom. The molecule has 0 spiro atoms. The van der Waals surface area contributed by atoms with E-state index in [9.17, 15) is 0 Å². The lowest BCUT2D eigenvalue weighted by Crippen LogP contribution is -2.02. The molecule has 2 aromatic rings. The summed E-state index contributed by atoms with van der Waals surface area (Å²) in [4.78, 5) is 5.13. The molecule has 3 nitrogen and oxygen atoms in total. The average molecular weight is 263 g/mol. The maximum atomic E-state index is 8.96. The Labute approximate surface area is 111 Å². The number of aryl methyl sites for hydroxylation is 2. The van der Waals surface area contributed by atoms with Crippen LogP contribution in [-0.2, 0) is 13.0 Å². The quantitative estimate of drug-likeness (QED) is 0.902. The summed E-state index contributed by atoms with van der Waals surface area (Å²) in [6.07, 6.45) is 2.50. The van der Waals surface area contributed by atoms with E-state index < -0.39 is 0 Å². The van der Waals surface area contributed by atoms with Gasteiger partial charge in [-0.2, -0.15) is 0 Å². The van der Waals surface area contributed by atoms with Crippen molar-refractivity contribution >= 4 is 11.3 Å². The van der Waals surface area contributed by atoms with Gasteiger partial charge in [0.15, 0.2) is 0 Å². The lowest BCUT2D eigenvalue weighted by Gasteiger charge is -2.08. The summed E-state index contributed by atoms with van der Waals surface area (Å²) in [5.74, 6) is 0.930. The van der Waals surface area contributed by atoms with Crippen molar-refractivity contribution in [2.75, 3.05) is 6.61 Å². The average Bonchev–Trinajstić information content (AvgIpc) is 2.80. The van der Waals surface area contributed by atoms with Crippen molar-refractivity contribution in [3.63, 3.8) is 0 Å².